The van der Waals surface area contributed by atoms with Crippen LogP contribution in [0.2, 0.25) is 0 Å². The number of aromatic nitrogens is 4. The monoisotopic (exact) mass is 426 g/mol. The van der Waals surface area contributed by atoms with Gasteiger partial charge in [0.05, 0.1) is 12.6 Å². The van der Waals surface area contributed by atoms with Crippen LogP contribution in [0.25, 0.3) is 21.8 Å². The lowest BCUT2D eigenvalue weighted by Gasteiger charge is -2.11. The van der Waals surface area contributed by atoms with Crippen molar-refractivity contribution in [2.24, 2.45) is 0 Å². The molecule has 0 atom stereocenters. The van der Waals surface area contributed by atoms with E-state index in [1.165, 1.54) is 16.3 Å². The molecule has 7 nitrogen and oxygen atoms in total. The first kappa shape index (κ1) is 19.9. The molecule has 3 aromatic heterocycles. The van der Waals surface area contributed by atoms with Gasteiger partial charge < -0.3 is 25.3 Å². The van der Waals surface area contributed by atoms with Crippen molar-refractivity contribution in [1.82, 2.24) is 19.9 Å². The third-order valence-electron chi connectivity index (χ3n) is 5.65. The zero-order valence-electron chi connectivity index (χ0n) is 18.4. The predicted octanol–water partition coefficient (Wildman–Crippen LogP) is 5.46. The Labute approximate surface area is 186 Å². The number of para-hydroxylation sites is 1. The number of methoxy groups -OCH3 is 1. The van der Waals surface area contributed by atoms with E-state index in [0.717, 1.165) is 52.5 Å². The number of benzene rings is 2. The van der Waals surface area contributed by atoms with Crippen LogP contribution in [0.15, 0.2) is 54.9 Å². The number of rotatable bonds is 7. The molecule has 2 aromatic carbocycles. The Morgan fingerprint density at radius 1 is 1.09 bits per heavy atom. The minimum atomic E-state index is 0.606. The van der Waals surface area contributed by atoms with Crippen molar-refractivity contribution < 1.29 is 4.74 Å². The first-order valence-electron chi connectivity index (χ1n) is 10.7. The lowest BCUT2D eigenvalue weighted by Crippen LogP contribution is -2.09. The fourth-order valence-corrected chi connectivity index (χ4v) is 4.02. The third kappa shape index (κ3) is 3.85. The van der Waals surface area contributed by atoms with Crippen molar-refractivity contribution in [2.75, 3.05) is 24.3 Å². The van der Waals surface area contributed by atoms with Crippen LogP contribution in [0.4, 0.5) is 17.5 Å². The molecule has 0 saturated heterocycles. The highest BCUT2D eigenvalue weighted by molar-refractivity contribution is 5.88. The summed E-state index contributed by atoms with van der Waals surface area (Å²) in [5.74, 6) is 2.26. The van der Waals surface area contributed by atoms with Gasteiger partial charge >= 0.3 is 0 Å². The number of aromatic amines is 2. The maximum absolute atomic E-state index is 5.44. The maximum atomic E-state index is 5.44. The van der Waals surface area contributed by atoms with Gasteiger partial charge in [0.25, 0.3) is 0 Å². The molecule has 3 heterocycles. The summed E-state index contributed by atoms with van der Waals surface area (Å²) < 4.78 is 5.44. The lowest BCUT2D eigenvalue weighted by atomic mass is 10.1. The van der Waals surface area contributed by atoms with Crippen LogP contribution in [0, 0.1) is 13.8 Å². The molecule has 0 spiro atoms. The van der Waals surface area contributed by atoms with Crippen molar-refractivity contribution in [2.45, 2.75) is 20.3 Å². The summed E-state index contributed by atoms with van der Waals surface area (Å²) in [6.45, 7) is 4.79. The minimum Gasteiger partial charge on any atom is -0.495 e. The molecular formula is C25H26N6O. The number of nitrogens with one attached hydrogen (secondary N) is 4. The van der Waals surface area contributed by atoms with Gasteiger partial charge in [-0.2, -0.15) is 4.98 Å². The van der Waals surface area contributed by atoms with E-state index in [2.05, 4.69) is 62.8 Å². The van der Waals surface area contributed by atoms with Crippen molar-refractivity contribution in [3.63, 3.8) is 0 Å². The Bertz CT molecular complexity index is 1400. The highest BCUT2D eigenvalue weighted by atomic mass is 16.5. The Morgan fingerprint density at radius 2 is 2.00 bits per heavy atom. The van der Waals surface area contributed by atoms with Gasteiger partial charge in [-0.05, 0) is 56.2 Å². The number of H-pyrrole nitrogens is 2. The zero-order valence-corrected chi connectivity index (χ0v) is 18.4. The molecule has 5 rings (SSSR count). The molecule has 32 heavy (non-hydrogen) atoms. The highest BCUT2D eigenvalue weighted by Crippen LogP contribution is 2.27. The van der Waals surface area contributed by atoms with E-state index in [4.69, 9.17) is 9.72 Å². The Balaban J connectivity index is 1.28. The number of ether oxygens (including phenoxy) is 1. The average Bonchev–Trinajstić information content (AvgIpc) is 3.38. The average molecular weight is 427 g/mol. The molecule has 0 amide bonds. The van der Waals surface area contributed by atoms with Gasteiger partial charge in [0, 0.05) is 52.2 Å². The van der Waals surface area contributed by atoms with Crippen LogP contribution < -0.4 is 15.4 Å². The number of nitrogens with zero attached hydrogens (tertiary/aromatic N) is 2. The molecule has 0 bridgehead atoms. The standard InChI is InChI=1S/C25H26N6O/c1-15-13-28-25(26-10-9-17-14-27-23-20(17)5-4-6-22(23)32-3)31-24(15)30-19-7-8-21-18(12-19)11-16(2)29-21/h4-8,11-14,27,29H,9-10H2,1-3H3,(H2,26,28,30,31). The second-order valence-electron chi connectivity index (χ2n) is 7.98. The summed E-state index contributed by atoms with van der Waals surface area (Å²) >= 11 is 0. The summed E-state index contributed by atoms with van der Waals surface area (Å²) in [5, 5.41) is 9.13. The van der Waals surface area contributed by atoms with E-state index < -0.39 is 0 Å². The van der Waals surface area contributed by atoms with E-state index in [0.29, 0.717) is 5.95 Å². The molecule has 5 aromatic rings. The van der Waals surface area contributed by atoms with E-state index in [9.17, 15) is 0 Å². The van der Waals surface area contributed by atoms with Gasteiger partial charge in [-0.3, -0.25) is 0 Å². The largest absolute Gasteiger partial charge is 0.495 e. The quantitative estimate of drug-likeness (QED) is 0.277. The van der Waals surface area contributed by atoms with Crippen LogP contribution in [0.5, 0.6) is 5.75 Å². The summed E-state index contributed by atoms with van der Waals surface area (Å²) in [6, 6.07) is 14.5. The number of hydrogen-bond donors (Lipinski definition) is 4. The van der Waals surface area contributed by atoms with Crippen LogP contribution in [-0.2, 0) is 6.42 Å². The van der Waals surface area contributed by atoms with Crippen molar-refractivity contribution in [1.29, 1.82) is 0 Å². The molecule has 0 radical (unpaired) electrons. The molecule has 0 aliphatic carbocycles. The molecular weight excluding hydrogens is 400 g/mol. The lowest BCUT2D eigenvalue weighted by molar-refractivity contribution is 0.419. The Morgan fingerprint density at radius 3 is 2.88 bits per heavy atom. The molecule has 7 heteroatoms. The Kier molecular flexibility index (Phi) is 5.15. The van der Waals surface area contributed by atoms with E-state index in [1.54, 1.807) is 7.11 Å². The molecule has 0 aliphatic rings. The van der Waals surface area contributed by atoms with Gasteiger partial charge in [-0.1, -0.05) is 12.1 Å². The molecule has 4 N–H and O–H groups in total. The van der Waals surface area contributed by atoms with Crippen molar-refractivity contribution in [3.05, 3.63) is 71.7 Å². The number of hydrogen-bond acceptors (Lipinski definition) is 5. The Hall–Kier alpha value is -4.00. The fourth-order valence-electron chi connectivity index (χ4n) is 4.02. The molecule has 162 valence electrons. The van der Waals surface area contributed by atoms with Gasteiger partial charge in [-0.25, -0.2) is 4.98 Å². The summed E-state index contributed by atoms with van der Waals surface area (Å²) in [6.07, 6.45) is 4.72. The number of anilines is 3. The summed E-state index contributed by atoms with van der Waals surface area (Å²) in [4.78, 5) is 15.8. The SMILES string of the molecule is COc1cccc2c(CCNc3ncc(C)c(Nc4ccc5[nH]c(C)cc5c4)n3)c[nH]c12. The van der Waals surface area contributed by atoms with Crippen molar-refractivity contribution in [3.8, 4) is 5.75 Å². The molecule has 0 aliphatic heterocycles. The van der Waals surface area contributed by atoms with Crippen molar-refractivity contribution >= 4 is 39.3 Å². The zero-order chi connectivity index (χ0) is 22.1. The second kappa shape index (κ2) is 8.26. The molecule has 0 fully saturated rings. The van der Waals surface area contributed by atoms with E-state index >= 15 is 0 Å². The van der Waals surface area contributed by atoms with Crippen LogP contribution in [-0.4, -0.2) is 33.6 Å². The van der Waals surface area contributed by atoms with Crippen LogP contribution in [0.3, 0.4) is 0 Å². The molecule has 0 unspecified atom stereocenters. The van der Waals surface area contributed by atoms with Crippen LogP contribution >= 0.6 is 0 Å². The first-order chi connectivity index (χ1) is 15.6. The predicted molar refractivity (Wildman–Crippen MR) is 130 cm³/mol. The van der Waals surface area contributed by atoms with E-state index in [-0.39, 0.29) is 0 Å². The van der Waals surface area contributed by atoms with Gasteiger partial charge in [0.15, 0.2) is 0 Å². The second-order valence-corrected chi connectivity index (χ2v) is 7.98. The minimum absolute atomic E-state index is 0.606. The summed E-state index contributed by atoms with van der Waals surface area (Å²) in [7, 11) is 1.69. The normalized spacial score (nSPS) is 11.2. The highest BCUT2D eigenvalue weighted by Gasteiger charge is 2.09. The fraction of sp³-hybridized carbons (Fsp3) is 0.200. The third-order valence-corrected chi connectivity index (χ3v) is 5.65. The number of fused-ring (bicyclic) bond motifs is 2. The molecule has 0 saturated carbocycles. The topological polar surface area (TPSA) is 90.7 Å². The maximum Gasteiger partial charge on any atom is 0.224 e. The number of aryl methyl sites for hydroxylation is 2. The van der Waals surface area contributed by atoms with E-state index in [1.807, 2.05) is 31.5 Å². The first-order valence-corrected chi connectivity index (χ1v) is 10.7. The van der Waals surface area contributed by atoms with Gasteiger partial charge in [0.1, 0.15) is 11.6 Å². The van der Waals surface area contributed by atoms with Crippen LogP contribution in [0.1, 0.15) is 16.8 Å². The smallest absolute Gasteiger partial charge is 0.224 e. The van der Waals surface area contributed by atoms with Gasteiger partial charge in [-0.15, -0.1) is 0 Å². The summed E-state index contributed by atoms with van der Waals surface area (Å²) in [5.41, 5.74) is 6.52. The van der Waals surface area contributed by atoms with Gasteiger partial charge in [0.2, 0.25) is 5.95 Å².